The molecule has 0 aromatic heterocycles. The molecule has 1 heterocycles. The van der Waals surface area contributed by atoms with Crippen molar-refractivity contribution in [3.05, 3.63) is 29.7 Å². The predicted molar refractivity (Wildman–Crippen MR) is 67.1 cm³/mol. The van der Waals surface area contributed by atoms with Gasteiger partial charge in [0.05, 0.1) is 11.6 Å². The summed E-state index contributed by atoms with van der Waals surface area (Å²) in [6.45, 7) is -5.66. The zero-order chi connectivity index (χ0) is 20.9. The molecule has 17 heavy (non-hydrogen) atoms. The monoisotopic (exact) mass is 244 g/mol. The van der Waals surface area contributed by atoms with Gasteiger partial charge < -0.3 is 14.6 Å². The van der Waals surface area contributed by atoms with Crippen LogP contribution in [-0.4, -0.2) is 18.0 Å². The highest BCUT2D eigenvalue weighted by Crippen LogP contribution is 2.33. The van der Waals surface area contributed by atoms with E-state index in [0.29, 0.717) is 0 Å². The van der Waals surface area contributed by atoms with Gasteiger partial charge in [-0.1, -0.05) is 38.8 Å². The highest BCUT2D eigenvalue weighted by atomic mass is 16.7. The fourth-order valence-electron chi connectivity index (χ4n) is 1.14. The lowest BCUT2D eigenvalue weighted by Crippen LogP contribution is -2.23. The molecule has 1 aliphatic rings. The van der Waals surface area contributed by atoms with Crippen molar-refractivity contribution in [2.45, 2.75) is 26.7 Å². The molecule has 0 fully saturated rings. The number of ether oxygens (including phenoxy) is 2. The number of rotatable bonds is 2. The second-order valence-electron chi connectivity index (χ2n) is 3.77. The van der Waals surface area contributed by atoms with E-state index in [9.17, 15) is 5.11 Å². The first kappa shape index (κ1) is 4.65. The second-order valence-corrected chi connectivity index (χ2v) is 3.77. The van der Waals surface area contributed by atoms with Gasteiger partial charge in [-0.25, -0.2) is 0 Å². The number of fused-ring (bicyclic) bond motifs is 1. The summed E-state index contributed by atoms with van der Waals surface area (Å²) in [6.07, 6.45) is -1.43. The van der Waals surface area contributed by atoms with Crippen LogP contribution < -0.4 is 9.47 Å². The minimum atomic E-state index is -3.12. The second kappa shape index (κ2) is 4.41. The molecule has 0 bridgehead atoms. The number of benzene rings is 1. The van der Waals surface area contributed by atoms with E-state index in [1.807, 2.05) is 0 Å². The summed E-state index contributed by atoms with van der Waals surface area (Å²) in [5.74, 6) is -0.206. The van der Waals surface area contributed by atoms with Crippen LogP contribution in [0.2, 0.25) is 0 Å². The average molecular weight is 244 g/mol. The highest BCUT2D eigenvalue weighted by Gasteiger charge is 2.19. The van der Waals surface area contributed by atoms with Crippen LogP contribution in [0.25, 0.3) is 6.08 Å². The van der Waals surface area contributed by atoms with Gasteiger partial charge in [-0.2, -0.15) is 0 Å². The molecule has 3 heteroatoms. The average Bonchev–Trinajstić information content (AvgIpc) is 3.02. The summed E-state index contributed by atoms with van der Waals surface area (Å²) in [4.78, 5) is 0. The molecular weight excluding hydrogens is 216 g/mol. The molecule has 1 atom stereocenters. The van der Waals surface area contributed by atoms with E-state index in [1.165, 1.54) is 0 Å². The van der Waals surface area contributed by atoms with Crippen molar-refractivity contribution in [2.24, 2.45) is 5.41 Å². The lowest BCUT2D eigenvalue weighted by Gasteiger charge is -2.22. The third-order valence-corrected chi connectivity index (χ3v) is 2.10. The Kier molecular flexibility index (Phi) is 1.21. The molecule has 1 N–H and O–H groups in total. The minimum Gasteiger partial charge on any atom is -0.454 e. The standard InChI is InChI=1S/C14H18O3/c1-14(2,3)13(15)7-5-10-4-6-11-12(8-10)17-9-16-11/h4-8,13,15H,9H2,1-3H3/b7-5+/i1D3,2D3,4D,6D,7D,8D. The van der Waals surface area contributed by atoms with E-state index in [1.54, 1.807) is 0 Å². The van der Waals surface area contributed by atoms with Crippen molar-refractivity contribution >= 4 is 6.08 Å². The Morgan fingerprint density at radius 1 is 1.53 bits per heavy atom. The van der Waals surface area contributed by atoms with Crippen molar-refractivity contribution in [2.75, 3.05) is 6.79 Å². The maximum atomic E-state index is 10.4. The van der Waals surface area contributed by atoms with Crippen LogP contribution in [0.1, 0.15) is 39.9 Å². The summed E-state index contributed by atoms with van der Waals surface area (Å²) in [5, 5.41) is 10.4. The molecule has 1 aromatic rings. The van der Waals surface area contributed by atoms with Gasteiger partial charge >= 0.3 is 0 Å². The van der Waals surface area contributed by atoms with E-state index >= 15 is 0 Å². The van der Waals surface area contributed by atoms with E-state index < -0.39 is 43.4 Å². The zero-order valence-corrected chi connectivity index (χ0v) is 9.13. The maximum Gasteiger partial charge on any atom is 0.231 e. The van der Waals surface area contributed by atoms with Crippen molar-refractivity contribution in [3.63, 3.8) is 0 Å². The summed E-state index contributed by atoms with van der Waals surface area (Å²) in [7, 11) is 0. The first-order valence-corrected chi connectivity index (χ1v) is 4.90. The topological polar surface area (TPSA) is 38.7 Å². The van der Waals surface area contributed by atoms with E-state index in [0.717, 1.165) is 13.0 Å². The molecule has 1 aromatic carbocycles. The highest BCUT2D eigenvalue weighted by molar-refractivity contribution is 5.56. The third-order valence-electron chi connectivity index (χ3n) is 2.10. The summed E-state index contributed by atoms with van der Waals surface area (Å²) < 4.78 is 87.2. The van der Waals surface area contributed by atoms with Gasteiger partial charge in [-0.3, -0.25) is 0 Å². The van der Waals surface area contributed by atoms with Crippen molar-refractivity contribution in [1.82, 2.24) is 0 Å². The molecule has 92 valence electrons. The predicted octanol–water partition coefficient (Wildman–Crippen LogP) is 2.84. The van der Waals surface area contributed by atoms with Crippen LogP contribution in [0, 0.1) is 5.41 Å². The van der Waals surface area contributed by atoms with Gasteiger partial charge in [-0.05, 0) is 23.1 Å². The summed E-state index contributed by atoms with van der Waals surface area (Å²) >= 11 is 0. The van der Waals surface area contributed by atoms with E-state index in [2.05, 4.69) is 0 Å². The molecule has 0 radical (unpaired) electrons. The van der Waals surface area contributed by atoms with Crippen molar-refractivity contribution < 1.29 is 28.3 Å². The fraction of sp³-hybridized carbons (Fsp3) is 0.429. The molecule has 1 unspecified atom stereocenters. The SMILES string of the molecule is [2H]/C(=C\c1c([2H])c([2H])c2c(c1[2H])OCO2)C(O)C(C)(C([2H])([2H])[2H])C([2H])([2H])[2H]. The molecular formula is C14H18O3. The van der Waals surface area contributed by atoms with Crippen LogP contribution in [0.5, 0.6) is 11.5 Å². The quantitative estimate of drug-likeness (QED) is 0.869. The molecule has 2 rings (SSSR count). The molecule has 1 aliphatic heterocycles. The van der Waals surface area contributed by atoms with Gasteiger partial charge in [0.1, 0.15) is 0 Å². The van der Waals surface area contributed by atoms with Crippen molar-refractivity contribution in [1.29, 1.82) is 0 Å². The Labute approximate surface area is 116 Å². The van der Waals surface area contributed by atoms with E-state index in [4.69, 9.17) is 23.2 Å². The normalized spacial score (nSPS) is 27.1. The molecule has 0 aliphatic carbocycles. The first-order chi connectivity index (χ1) is 12.1. The Hall–Kier alpha value is -1.48. The first-order valence-electron chi connectivity index (χ1n) is 9.90. The van der Waals surface area contributed by atoms with Crippen molar-refractivity contribution in [3.8, 4) is 11.5 Å². The Balaban J connectivity index is 2.60. The molecule has 0 saturated carbocycles. The number of hydrogen-bond donors (Lipinski definition) is 1. The minimum absolute atomic E-state index is 0.0935. The summed E-state index contributed by atoms with van der Waals surface area (Å²) in [6, 6.07) is -2.10. The van der Waals surface area contributed by atoms with Gasteiger partial charge in [-0.15, -0.1) is 0 Å². The van der Waals surface area contributed by atoms with Crippen LogP contribution >= 0.6 is 0 Å². The number of aliphatic hydroxyl groups is 1. The summed E-state index contributed by atoms with van der Waals surface area (Å²) in [5.41, 5.74) is -2.94. The smallest absolute Gasteiger partial charge is 0.231 e. The Morgan fingerprint density at radius 2 is 2.29 bits per heavy atom. The Morgan fingerprint density at radius 3 is 3.06 bits per heavy atom. The fourth-order valence-corrected chi connectivity index (χ4v) is 1.14. The maximum absolute atomic E-state index is 10.4. The van der Waals surface area contributed by atoms with Crippen LogP contribution in [0.4, 0.5) is 0 Å². The Bertz CT molecular complexity index is 767. The van der Waals surface area contributed by atoms with Gasteiger partial charge in [0.2, 0.25) is 6.79 Å². The van der Waals surface area contributed by atoms with Crippen LogP contribution in [0.15, 0.2) is 24.2 Å². The van der Waals surface area contributed by atoms with Gasteiger partial charge in [0.15, 0.2) is 11.5 Å². The third kappa shape index (κ3) is 2.80. The van der Waals surface area contributed by atoms with Gasteiger partial charge in [0.25, 0.3) is 0 Å². The lowest BCUT2D eigenvalue weighted by molar-refractivity contribution is 0.106. The zero-order valence-electron chi connectivity index (χ0n) is 19.1. The molecule has 0 spiro atoms. The van der Waals surface area contributed by atoms with E-state index in [-0.39, 0.29) is 29.9 Å². The largest absolute Gasteiger partial charge is 0.454 e. The van der Waals surface area contributed by atoms with Crippen LogP contribution in [-0.2, 0) is 0 Å². The number of aliphatic hydroxyl groups excluding tert-OH is 1. The number of hydrogen-bond acceptors (Lipinski definition) is 3. The molecule has 3 nitrogen and oxygen atoms in total. The molecule has 0 saturated heterocycles. The van der Waals surface area contributed by atoms with Crippen LogP contribution in [0.3, 0.4) is 0 Å². The van der Waals surface area contributed by atoms with Gasteiger partial charge in [0, 0.05) is 8.22 Å². The lowest BCUT2D eigenvalue weighted by atomic mass is 9.89. The molecule has 0 amide bonds.